The van der Waals surface area contributed by atoms with Crippen molar-refractivity contribution in [2.24, 2.45) is 0 Å². The van der Waals surface area contributed by atoms with E-state index in [-0.39, 0.29) is 23.7 Å². The number of carbonyl (C=O) groups excluding carboxylic acids is 1. The Morgan fingerprint density at radius 2 is 1.69 bits per heavy atom. The van der Waals surface area contributed by atoms with Crippen LogP contribution >= 0.6 is 0 Å². The Kier molecular flexibility index (Phi) is 6.55. The van der Waals surface area contributed by atoms with Crippen LogP contribution in [0.1, 0.15) is 21.6 Å². The maximum atomic E-state index is 13.5. The Balaban J connectivity index is 1.51. The van der Waals surface area contributed by atoms with Gasteiger partial charge in [-0.1, -0.05) is 36.4 Å². The highest BCUT2D eigenvalue weighted by atomic mass is 32.2. The van der Waals surface area contributed by atoms with Crippen LogP contribution in [0.15, 0.2) is 79.0 Å². The van der Waals surface area contributed by atoms with Gasteiger partial charge in [0.1, 0.15) is 11.4 Å². The van der Waals surface area contributed by atoms with E-state index in [1.54, 1.807) is 36.4 Å². The lowest BCUT2D eigenvalue weighted by molar-refractivity contribution is -0.137. The minimum absolute atomic E-state index is 0.0624. The quantitative estimate of drug-likeness (QED) is 0.308. The molecule has 0 spiro atoms. The summed E-state index contributed by atoms with van der Waals surface area (Å²) < 4.78 is 65.9. The molecule has 0 radical (unpaired) electrons. The van der Waals surface area contributed by atoms with Crippen LogP contribution in [0.25, 0.3) is 22.3 Å². The normalized spacial score (nSPS) is 13.7. The highest BCUT2D eigenvalue weighted by Gasteiger charge is 2.32. The number of nitrogens with zero attached hydrogens (tertiary/aromatic N) is 2. The first-order chi connectivity index (χ1) is 18.4. The molecule has 39 heavy (non-hydrogen) atoms. The average molecular weight is 554 g/mol. The summed E-state index contributed by atoms with van der Waals surface area (Å²) in [5.41, 5.74) is 2.50. The molecule has 0 atom stereocenters. The minimum Gasteiger partial charge on any atom is -0.506 e. The summed E-state index contributed by atoms with van der Waals surface area (Å²) in [6.07, 6.45) is -1.69. The van der Waals surface area contributed by atoms with Crippen LogP contribution < -0.4 is 9.62 Å². The molecule has 0 saturated carbocycles. The predicted molar refractivity (Wildman–Crippen MR) is 142 cm³/mol. The molecule has 4 aromatic rings. The van der Waals surface area contributed by atoms with Gasteiger partial charge in [-0.25, -0.2) is 8.42 Å². The summed E-state index contributed by atoms with van der Waals surface area (Å²) >= 11 is 0. The van der Waals surface area contributed by atoms with Crippen molar-refractivity contribution in [3.05, 3.63) is 95.8 Å². The molecular formula is C28H22F3N3O4S. The maximum absolute atomic E-state index is 13.5. The molecule has 0 bridgehead atoms. The smallest absolute Gasteiger partial charge is 0.416 e. The Morgan fingerprint density at radius 3 is 2.38 bits per heavy atom. The number of phenolic OH excluding ortho intramolecular Hbond substituents is 1. The third-order valence-electron chi connectivity index (χ3n) is 6.35. The van der Waals surface area contributed by atoms with Crippen LogP contribution in [0, 0.1) is 0 Å². The van der Waals surface area contributed by atoms with E-state index in [0.717, 1.165) is 18.4 Å². The molecule has 0 unspecified atom stereocenters. The van der Waals surface area contributed by atoms with Gasteiger partial charge in [-0.15, -0.1) is 0 Å². The summed E-state index contributed by atoms with van der Waals surface area (Å²) in [4.78, 5) is 19.1. The lowest BCUT2D eigenvalue weighted by Crippen LogP contribution is -2.38. The molecule has 1 amide bonds. The van der Waals surface area contributed by atoms with Gasteiger partial charge in [-0.05, 0) is 65.1 Å². The molecule has 3 aromatic carbocycles. The van der Waals surface area contributed by atoms with Gasteiger partial charge < -0.3 is 10.0 Å². The molecule has 0 fully saturated rings. The minimum atomic E-state index is -4.50. The molecule has 1 aliphatic rings. The number of alkyl halides is 3. The summed E-state index contributed by atoms with van der Waals surface area (Å²) in [5.74, 6) is -0.711. The number of halogens is 3. The van der Waals surface area contributed by atoms with Crippen molar-refractivity contribution in [1.29, 1.82) is 0 Å². The number of fused-ring (bicyclic) bond motifs is 1. The highest BCUT2D eigenvalue weighted by Crippen LogP contribution is 2.39. The van der Waals surface area contributed by atoms with Gasteiger partial charge in [0.05, 0.1) is 17.5 Å². The molecule has 2 heterocycles. The van der Waals surface area contributed by atoms with Gasteiger partial charge in [0, 0.05) is 24.0 Å². The van der Waals surface area contributed by atoms with Gasteiger partial charge >= 0.3 is 6.18 Å². The molecule has 1 aliphatic heterocycles. The van der Waals surface area contributed by atoms with Crippen molar-refractivity contribution in [1.82, 2.24) is 4.98 Å². The number of pyridine rings is 1. The summed E-state index contributed by atoms with van der Waals surface area (Å²) in [6.45, 7) is 0.249. The van der Waals surface area contributed by atoms with E-state index < -0.39 is 27.7 Å². The molecule has 11 heteroatoms. The molecule has 0 saturated heterocycles. The fourth-order valence-electron chi connectivity index (χ4n) is 4.55. The molecule has 200 valence electrons. The highest BCUT2D eigenvalue weighted by molar-refractivity contribution is 7.92. The Morgan fingerprint density at radius 1 is 0.949 bits per heavy atom. The number of hydrogen-bond acceptors (Lipinski definition) is 5. The lowest BCUT2D eigenvalue weighted by Gasteiger charge is -2.28. The standard InChI is InChI=1S/C28H22F3N3O4S/c1-39(37,38)33-24-15-21(8-10-25(24)35)34-12-11-18-13-19(16-32-26(18)27(34)36)22-9-7-20(28(29,30)31)14-23(22)17-5-3-2-4-6-17/h2-10,13-16,33,35H,11-12H2,1H3. The zero-order chi connectivity index (χ0) is 27.9. The predicted octanol–water partition coefficient (Wildman–Crippen LogP) is 5.71. The monoisotopic (exact) mass is 553 g/mol. The third kappa shape index (κ3) is 5.44. The molecular weight excluding hydrogens is 531 g/mol. The van der Waals surface area contributed by atoms with Crippen LogP contribution in [0.2, 0.25) is 0 Å². The number of aromatic hydroxyl groups is 1. The van der Waals surface area contributed by atoms with Gasteiger partial charge in [-0.3, -0.25) is 14.5 Å². The van der Waals surface area contributed by atoms with Crippen molar-refractivity contribution < 1.29 is 31.5 Å². The number of aromatic nitrogens is 1. The van der Waals surface area contributed by atoms with Gasteiger partial charge in [0.2, 0.25) is 10.0 Å². The van der Waals surface area contributed by atoms with Gasteiger partial charge in [-0.2, -0.15) is 13.2 Å². The average Bonchev–Trinajstić information content (AvgIpc) is 2.89. The number of benzene rings is 3. The topological polar surface area (TPSA) is 99.6 Å². The SMILES string of the molecule is CS(=O)(=O)Nc1cc(N2CCc3cc(-c4ccc(C(F)(F)F)cc4-c4ccccc4)cnc3C2=O)ccc1O. The van der Waals surface area contributed by atoms with Crippen LogP contribution in [0.3, 0.4) is 0 Å². The van der Waals surface area contributed by atoms with Crippen molar-refractivity contribution in [3.8, 4) is 28.0 Å². The number of sulfonamides is 1. The molecule has 2 N–H and O–H groups in total. The van der Waals surface area contributed by atoms with Gasteiger partial charge in [0.25, 0.3) is 5.91 Å². The first-order valence-corrected chi connectivity index (χ1v) is 13.7. The summed E-state index contributed by atoms with van der Waals surface area (Å²) in [5, 5.41) is 10.0. The van der Waals surface area contributed by atoms with E-state index >= 15 is 0 Å². The fourth-order valence-corrected chi connectivity index (χ4v) is 5.11. The van der Waals surface area contributed by atoms with Crippen molar-refractivity contribution >= 4 is 27.3 Å². The van der Waals surface area contributed by atoms with E-state index in [0.29, 0.717) is 39.9 Å². The van der Waals surface area contributed by atoms with E-state index in [1.165, 1.54) is 35.4 Å². The summed E-state index contributed by atoms with van der Waals surface area (Å²) in [7, 11) is -3.66. The molecule has 1 aromatic heterocycles. The number of rotatable bonds is 5. The van der Waals surface area contributed by atoms with E-state index in [1.807, 2.05) is 0 Å². The Bertz CT molecular complexity index is 1690. The largest absolute Gasteiger partial charge is 0.506 e. The second-order valence-electron chi connectivity index (χ2n) is 9.14. The Labute approximate surface area is 222 Å². The maximum Gasteiger partial charge on any atom is 0.416 e. The third-order valence-corrected chi connectivity index (χ3v) is 6.94. The first kappa shape index (κ1) is 26.2. The van der Waals surface area contributed by atoms with Crippen molar-refractivity contribution in [2.45, 2.75) is 12.6 Å². The number of phenols is 1. The number of anilines is 2. The number of amides is 1. The number of nitrogens with one attached hydrogen (secondary N) is 1. The lowest BCUT2D eigenvalue weighted by atomic mass is 9.91. The zero-order valence-electron chi connectivity index (χ0n) is 20.5. The van der Waals surface area contributed by atoms with Crippen LogP contribution in [0.5, 0.6) is 5.75 Å². The second-order valence-corrected chi connectivity index (χ2v) is 10.9. The second kappa shape index (κ2) is 9.73. The van der Waals surface area contributed by atoms with Crippen LogP contribution in [0.4, 0.5) is 24.5 Å². The van der Waals surface area contributed by atoms with Crippen LogP contribution in [-0.4, -0.2) is 37.2 Å². The number of hydrogen-bond donors (Lipinski definition) is 2. The van der Waals surface area contributed by atoms with E-state index in [4.69, 9.17) is 0 Å². The summed E-state index contributed by atoms with van der Waals surface area (Å²) in [6, 6.07) is 18.2. The zero-order valence-corrected chi connectivity index (χ0v) is 21.3. The van der Waals surface area contributed by atoms with Crippen molar-refractivity contribution in [3.63, 3.8) is 0 Å². The molecule has 7 nitrogen and oxygen atoms in total. The van der Waals surface area contributed by atoms with E-state index in [9.17, 15) is 31.5 Å². The molecule has 0 aliphatic carbocycles. The Hall–Kier alpha value is -4.38. The first-order valence-electron chi connectivity index (χ1n) is 11.8. The van der Waals surface area contributed by atoms with Crippen LogP contribution in [-0.2, 0) is 22.6 Å². The van der Waals surface area contributed by atoms with E-state index in [2.05, 4.69) is 9.71 Å². The van der Waals surface area contributed by atoms with Crippen molar-refractivity contribution in [2.75, 3.05) is 22.4 Å². The number of carbonyl (C=O) groups is 1. The molecule has 5 rings (SSSR count). The fraction of sp³-hybridized carbons (Fsp3) is 0.143. The van der Waals surface area contributed by atoms with Gasteiger partial charge in [0.15, 0.2) is 0 Å².